The van der Waals surface area contributed by atoms with Gasteiger partial charge in [0.25, 0.3) is 55.7 Å². The van der Waals surface area contributed by atoms with Crippen LogP contribution in [-0.2, 0) is 38.3 Å². The van der Waals surface area contributed by atoms with Gasteiger partial charge in [0, 0.05) is 5.41 Å². The Balaban J connectivity index is 1.22. The van der Waals surface area contributed by atoms with Crippen LogP contribution in [0, 0.1) is 0 Å². The lowest BCUT2D eigenvalue weighted by Gasteiger charge is -2.37. The molecule has 0 bridgehead atoms. The highest BCUT2D eigenvalue weighted by atomic mass is 28.5. The first-order valence-electron chi connectivity index (χ1n) is 16.9. The number of hydrogen-bond donors (Lipinski definition) is 0. The summed E-state index contributed by atoms with van der Waals surface area (Å²) in [4.78, 5) is 0. The Morgan fingerprint density at radius 3 is 1.11 bits per heavy atom. The maximum Gasteiger partial charge on any atom is 0.317 e. The van der Waals surface area contributed by atoms with E-state index in [-0.39, 0.29) is 5.41 Å². The van der Waals surface area contributed by atoms with Gasteiger partial charge in [-0.05, 0) is 113 Å². The van der Waals surface area contributed by atoms with Crippen LogP contribution in [0.3, 0.4) is 0 Å². The van der Waals surface area contributed by atoms with Gasteiger partial charge in [0.15, 0.2) is 0 Å². The average molecular weight is 789 g/mol. The Labute approximate surface area is 294 Å². The normalized spacial score (nSPS) is 32.5. The first-order valence-corrected chi connectivity index (χ1v) is 34.6. The van der Waals surface area contributed by atoms with Crippen molar-refractivity contribution < 1.29 is 42.4 Å². The molecule has 0 aromatic heterocycles. The molecule has 47 heavy (non-hydrogen) atoms. The highest BCUT2D eigenvalue weighted by molar-refractivity contribution is 6.82. The van der Waals surface area contributed by atoms with E-state index in [2.05, 4.69) is 115 Å². The largest absolute Gasteiger partial charge is 0.494 e. The van der Waals surface area contributed by atoms with Crippen molar-refractivity contribution >= 4 is 72.8 Å². The molecule has 0 radical (unpaired) electrons. The zero-order chi connectivity index (χ0) is 34.2. The van der Waals surface area contributed by atoms with Crippen LogP contribution in [-0.4, -0.2) is 86.0 Å². The van der Waals surface area contributed by atoms with Gasteiger partial charge in [0.2, 0.25) is 0 Å². The molecule has 264 valence electrons. The quantitative estimate of drug-likeness (QED) is 0.217. The lowest BCUT2D eigenvalue weighted by Crippen LogP contribution is -2.53. The maximum absolute atomic E-state index is 6.39. The lowest BCUT2D eigenvalue weighted by atomic mass is 9.78. The highest BCUT2D eigenvalue weighted by Crippen LogP contribution is 2.34. The van der Waals surface area contributed by atoms with Crippen molar-refractivity contribution in [2.24, 2.45) is 0 Å². The Morgan fingerprint density at radius 1 is 0.511 bits per heavy atom. The van der Waals surface area contributed by atoms with Gasteiger partial charge in [-0.2, -0.15) is 0 Å². The van der Waals surface area contributed by atoms with Gasteiger partial charge in [0.1, 0.15) is 11.5 Å². The van der Waals surface area contributed by atoms with Crippen molar-refractivity contribution in [2.75, 3.05) is 13.2 Å². The van der Waals surface area contributed by atoms with Gasteiger partial charge < -0.3 is 42.4 Å². The van der Waals surface area contributed by atoms with Crippen LogP contribution in [0.15, 0.2) is 48.5 Å². The second-order valence-corrected chi connectivity index (χ2v) is 33.7. The number of benzene rings is 2. The molecule has 2 heterocycles. The predicted molar refractivity (Wildman–Crippen MR) is 205 cm³/mol. The smallest absolute Gasteiger partial charge is 0.317 e. The zero-order valence-electron chi connectivity index (χ0n) is 29.9. The minimum absolute atomic E-state index is 0.172. The van der Waals surface area contributed by atoms with Crippen LogP contribution < -0.4 is 9.47 Å². The molecule has 0 aliphatic carbocycles. The summed E-state index contributed by atoms with van der Waals surface area (Å²) >= 11 is 0. The molecule has 0 N–H and O–H groups in total. The minimum atomic E-state index is -2.32. The monoisotopic (exact) mass is 788 g/mol. The molecule has 2 fully saturated rings. The SMILES string of the molecule is C[SiH]1O[SiH](C)O[Si](C)(CCCOc2ccc(C(C)(C)c3ccc(OCCC[Si]4(C)O[SiH](C)O[SiH](C)O[SiH](C)O4)cc3)cc2)O[SiH](C)O1. The van der Waals surface area contributed by atoms with Gasteiger partial charge in [-0.3, -0.25) is 0 Å². The average Bonchev–Trinajstić information content (AvgIpc) is 2.96. The van der Waals surface area contributed by atoms with E-state index in [4.69, 9.17) is 42.4 Å². The van der Waals surface area contributed by atoms with Crippen LogP contribution >= 0.6 is 0 Å². The molecule has 2 aromatic rings. The summed E-state index contributed by atoms with van der Waals surface area (Å²) in [6.45, 7) is 22.4. The molecule has 4 unspecified atom stereocenters. The first kappa shape index (κ1) is 39.2. The molecule has 2 aromatic carbocycles. The Hall–Kier alpha value is -0.545. The standard InChI is InChI=1S/C29H56O10Si8/c1-29(2,25-13-17-27(18-14-25)30-21-11-23-46(9)36-42(5)32-40(3)33-43(6)37-46)26-15-19-28(20-16-26)31-22-12-24-47(10)38-44(7)34-41(4)35-45(8)39-47/h13-20,40-45H,11-12,21-24H2,1-10H3. The van der Waals surface area contributed by atoms with E-state index >= 15 is 0 Å². The van der Waals surface area contributed by atoms with E-state index in [0.29, 0.717) is 13.2 Å². The summed E-state index contributed by atoms with van der Waals surface area (Å²) < 4.78 is 61.9. The topological polar surface area (TPSA) is 92.3 Å². The zero-order valence-corrected chi connectivity index (χ0v) is 38.8. The summed E-state index contributed by atoms with van der Waals surface area (Å²) in [5, 5.41) is 0. The van der Waals surface area contributed by atoms with Crippen molar-refractivity contribution in [1.29, 1.82) is 0 Å². The number of hydrogen-bond acceptors (Lipinski definition) is 10. The van der Waals surface area contributed by atoms with Gasteiger partial charge in [-0.25, -0.2) is 0 Å². The van der Waals surface area contributed by atoms with Crippen molar-refractivity contribution in [3.05, 3.63) is 59.7 Å². The molecule has 10 nitrogen and oxygen atoms in total. The molecule has 0 spiro atoms. The highest BCUT2D eigenvalue weighted by Gasteiger charge is 2.40. The number of rotatable bonds is 12. The fourth-order valence-electron chi connectivity index (χ4n) is 6.22. The Morgan fingerprint density at radius 2 is 0.809 bits per heavy atom. The van der Waals surface area contributed by atoms with Crippen molar-refractivity contribution in [2.45, 2.75) is 96.6 Å². The van der Waals surface area contributed by atoms with Gasteiger partial charge in [-0.15, -0.1) is 0 Å². The van der Waals surface area contributed by atoms with E-state index in [1.54, 1.807) is 0 Å². The molecule has 2 aliphatic rings. The third-order valence-electron chi connectivity index (χ3n) is 8.43. The fraction of sp³-hybridized carbons (Fsp3) is 0.586. The van der Waals surface area contributed by atoms with Crippen LogP contribution in [0.4, 0.5) is 0 Å². The molecular weight excluding hydrogens is 733 g/mol. The van der Waals surface area contributed by atoms with Crippen LogP contribution in [0.1, 0.15) is 37.8 Å². The molecule has 0 amide bonds. The molecule has 18 heteroatoms. The third-order valence-corrected chi connectivity index (χ3v) is 36.5. The lowest BCUT2D eigenvalue weighted by molar-refractivity contribution is 0.264. The second-order valence-electron chi connectivity index (χ2n) is 13.3. The van der Waals surface area contributed by atoms with E-state index in [9.17, 15) is 0 Å². The summed E-state index contributed by atoms with van der Waals surface area (Å²) in [6.07, 6.45) is 1.74. The molecule has 2 aliphatic heterocycles. The Bertz CT molecular complexity index is 1120. The predicted octanol–water partition coefficient (Wildman–Crippen LogP) is 4.96. The van der Waals surface area contributed by atoms with Gasteiger partial charge >= 0.3 is 17.1 Å². The van der Waals surface area contributed by atoms with E-state index in [1.165, 1.54) is 11.1 Å². The van der Waals surface area contributed by atoms with E-state index < -0.39 is 72.8 Å². The number of ether oxygens (including phenoxy) is 2. The van der Waals surface area contributed by atoms with Crippen molar-refractivity contribution in [1.82, 2.24) is 0 Å². The summed E-state index contributed by atoms with van der Waals surface area (Å²) in [6, 6.07) is 18.6. The van der Waals surface area contributed by atoms with Crippen molar-refractivity contribution in [3.8, 4) is 11.5 Å². The van der Waals surface area contributed by atoms with Crippen molar-refractivity contribution in [3.63, 3.8) is 0 Å². The molecular formula is C29H56O10Si8. The molecule has 4 atom stereocenters. The minimum Gasteiger partial charge on any atom is -0.494 e. The second kappa shape index (κ2) is 17.6. The fourth-order valence-corrected chi connectivity index (χ4v) is 35.5. The Kier molecular flexibility index (Phi) is 14.7. The molecule has 4 rings (SSSR count). The van der Waals surface area contributed by atoms with Gasteiger partial charge in [-0.1, -0.05) is 38.1 Å². The molecule has 0 saturated carbocycles. The van der Waals surface area contributed by atoms with E-state index in [1.807, 2.05) is 0 Å². The summed E-state index contributed by atoms with van der Waals surface area (Å²) in [7, 11) is -14.8. The maximum atomic E-state index is 6.39. The molecule has 2 saturated heterocycles. The van der Waals surface area contributed by atoms with Crippen LogP contribution in [0.5, 0.6) is 11.5 Å². The first-order chi connectivity index (χ1) is 22.1. The third kappa shape index (κ3) is 12.3. The van der Waals surface area contributed by atoms with E-state index in [0.717, 1.165) is 36.4 Å². The van der Waals surface area contributed by atoms with Crippen LogP contribution in [0.2, 0.25) is 64.5 Å². The van der Waals surface area contributed by atoms with Crippen LogP contribution in [0.25, 0.3) is 0 Å². The van der Waals surface area contributed by atoms with Gasteiger partial charge in [0.05, 0.1) is 13.2 Å². The summed E-state index contributed by atoms with van der Waals surface area (Å²) in [5.41, 5.74) is 2.28. The summed E-state index contributed by atoms with van der Waals surface area (Å²) in [5.74, 6) is 1.74.